The van der Waals surface area contributed by atoms with Crippen LogP contribution in [0.25, 0.3) is 6.08 Å². The van der Waals surface area contributed by atoms with E-state index < -0.39 is 6.48 Å². The first-order valence-electron chi connectivity index (χ1n) is 4.12. The van der Waals surface area contributed by atoms with Gasteiger partial charge in [-0.25, -0.2) is 0 Å². The Morgan fingerprint density at radius 2 is 2.07 bits per heavy atom. The van der Waals surface area contributed by atoms with Crippen molar-refractivity contribution in [2.75, 3.05) is 0 Å². The van der Waals surface area contributed by atoms with Gasteiger partial charge >= 0.3 is 6.48 Å². The maximum absolute atomic E-state index is 9.28. The molecule has 1 aromatic carbocycles. The van der Waals surface area contributed by atoms with Crippen LogP contribution >= 0.6 is 0 Å². The molecule has 1 rings (SSSR count). The zero-order valence-corrected chi connectivity index (χ0v) is 7.71. The minimum Gasteiger partial charge on any atom is -0.504 e. The van der Waals surface area contributed by atoms with Gasteiger partial charge in [0.25, 0.3) is 0 Å². The molecule has 0 saturated heterocycles. The number of aliphatic hydroxyl groups excluding tert-OH is 1. The zero-order valence-electron chi connectivity index (χ0n) is 7.71. The Hall–Kier alpha value is -1.52. The smallest absolute Gasteiger partial charge is 0.310 e. The first-order chi connectivity index (χ1) is 6.63. The minimum atomic E-state index is -1.93. The van der Waals surface area contributed by atoms with E-state index in [1.807, 2.05) is 13.0 Å². The predicted octanol–water partition coefficient (Wildman–Crippen LogP) is 1.07. The number of benzene rings is 1. The molecule has 0 fully saturated rings. The molecule has 0 aliphatic carbocycles. The molecule has 0 atom stereocenters. The molecule has 76 valence electrons. The molecule has 4 heteroatoms. The molecule has 0 aliphatic heterocycles. The van der Waals surface area contributed by atoms with Gasteiger partial charge in [0.1, 0.15) is 0 Å². The number of allylic oxidation sites excluding steroid dienone is 1. The summed E-state index contributed by atoms with van der Waals surface area (Å²) >= 11 is 0. The van der Waals surface area contributed by atoms with Crippen molar-refractivity contribution < 1.29 is 20.1 Å². The lowest BCUT2D eigenvalue weighted by molar-refractivity contribution is -0.180. The van der Waals surface area contributed by atoms with Crippen LogP contribution < -0.4 is 4.74 Å². The van der Waals surface area contributed by atoms with E-state index in [4.69, 9.17) is 10.2 Å². The molecule has 0 amide bonds. The largest absolute Gasteiger partial charge is 0.504 e. The fraction of sp³-hybridized carbons (Fsp3) is 0.200. The molecule has 0 unspecified atom stereocenters. The lowest BCUT2D eigenvalue weighted by Gasteiger charge is -2.09. The average Bonchev–Trinajstić information content (AvgIpc) is 2.10. The van der Waals surface area contributed by atoms with E-state index in [0.717, 1.165) is 5.56 Å². The third kappa shape index (κ3) is 2.76. The molecule has 0 aliphatic rings. The minimum absolute atomic E-state index is 0.0376. The number of phenolic OH excluding ortho intramolecular Hbond substituents is 1. The summed E-state index contributed by atoms with van der Waals surface area (Å²) in [5.41, 5.74) is 0.806. The summed E-state index contributed by atoms with van der Waals surface area (Å²) in [5.74, 6) is -0.0954. The van der Waals surface area contributed by atoms with Crippen LogP contribution in [0.1, 0.15) is 12.5 Å². The van der Waals surface area contributed by atoms with Crippen LogP contribution in [0, 0.1) is 0 Å². The monoisotopic (exact) mass is 196 g/mol. The van der Waals surface area contributed by atoms with Crippen LogP contribution in [0.15, 0.2) is 24.3 Å². The van der Waals surface area contributed by atoms with Gasteiger partial charge in [0.2, 0.25) is 0 Å². The molecule has 0 heterocycles. The van der Waals surface area contributed by atoms with Crippen LogP contribution in [0.4, 0.5) is 0 Å². The molecule has 0 bridgehead atoms. The van der Waals surface area contributed by atoms with Crippen molar-refractivity contribution in [1.82, 2.24) is 0 Å². The first kappa shape index (κ1) is 10.6. The van der Waals surface area contributed by atoms with Crippen molar-refractivity contribution in [2.24, 2.45) is 0 Å². The van der Waals surface area contributed by atoms with E-state index in [-0.39, 0.29) is 11.5 Å². The van der Waals surface area contributed by atoms with E-state index in [1.54, 1.807) is 12.1 Å². The van der Waals surface area contributed by atoms with Crippen LogP contribution in [0.2, 0.25) is 0 Å². The van der Waals surface area contributed by atoms with E-state index in [1.165, 1.54) is 12.1 Å². The standard InChI is InChI=1S/C10H12O4/c1-2-3-7-4-5-8(11)9(6-7)14-10(12)13/h2-6,10-13H,1H3. The van der Waals surface area contributed by atoms with Gasteiger partial charge in [-0.3, -0.25) is 0 Å². The molecule has 0 aromatic heterocycles. The van der Waals surface area contributed by atoms with Gasteiger partial charge in [-0.05, 0) is 24.6 Å². The van der Waals surface area contributed by atoms with Crippen molar-refractivity contribution >= 4 is 6.08 Å². The second-order valence-corrected chi connectivity index (χ2v) is 2.67. The maximum Gasteiger partial charge on any atom is 0.310 e. The Balaban J connectivity index is 2.96. The van der Waals surface area contributed by atoms with Crippen LogP contribution in [-0.2, 0) is 0 Å². The fourth-order valence-corrected chi connectivity index (χ4v) is 1.03. The molecule has 3 N–H and O–H groups in total. The average molecular weight is 196 g/mol. The molecule has 0 spiro atoms. The maximum atomic E-state index is 9.28. The highest BCUT2D eigenvalue weighted by atomic mass is 16.7. The summed E-state index contributed by atoms with van der Waals surface area (Å²) in [5, 5.41) is 26.4. The van der Waals surface area contributed by atoms with Crippen molar-refractivity contribution in [1.29, 1.82) is 0 Å². The number of aliphatic hydroxyl groups is 2. The van der Waals surface area contributed by atoms with Crippen LogP contribution in [-0.4, -0.2) is 21.8 Å². The Morgan fingerprint density at radius 1 is 1.36 bits per heavy atom. The van der Waals surface area contributed by atoms with Crippen molar-refractivity contribution in [3.8, 4) is 11.5 Å². The number of rotatable bonds is 3. The zero-order chi connectivity index (χ0) is 10.6. The molecule has 0 saturated carbocycles. The highest BCUT2D eigenvalue weighted by Gasteiger charge is 2.06. The Bertz CT molecular complexity index is 331. The lowest BCUT2D eigenvalue weighted by atomic mass is 10.2. The molecular weight excluding hydrogens is 184 g/mol. The molecule has 1 aromatic rings. The lowest BCUT2D eigenvalue weighted by Crippen LogP contribution is -2.13. The van der Waals surface area contributed by atoms with Crippen LogP contribution in [0.3, 0.4) is 0 Å². The number of phenols is 1. The molecule has 14 heavy (non-hydrogen) atoms. The van der Waals surface area contributed by atoms with Gasteiger partial charge in [-0.1, -0.05) is 18.2 Å². The van der Waals surface area contributed by atoms with E-state index in [2.05, 4.69) is 4.74 Å². The summed E-state index contributed by atoms with van der Waals surface area (Å²) < 4.78 is 4.56. The van der Waals surface area contributed by atoms with E-state index in [0.29, 0.717) is 0 Å². The number of hydrogen-bond donors (Lipinski definition) is 3. The highest BCUT2D eigenvalue weighted by Crippen LogP contribution is 2.27. The summed E-state index contributed by atoms with van der Waals surface area (Å²) in [7, 11) is 0. The second kappa shape index (κ2) is 4.64. The van der Waals surface area contributed by atoms with Gasteiger partial charge < -0.3 is 20.1 Å². The topological polar surface area (TPSA) is 69.9 Å². The number of ether oxygens (including phenoxy) is 1. The number of hydrogen-bond acceptors (Lipinski definition) is 4. The Morgan fingerprint density at radius 3 is 2.64 bits per heavy atom. The van der Waals surface area contributed by atoms with Crippen molar-refractivity contribution in [3.63, 3.8) is 0 Å². The van der Waals surface area contributed by atoms with Gasteiger partial charge in [0.05, 0.1) is 0 Å². The first-order valence-corrected chi connectivity index (χ1v) is 4.12. The number of aromatic hydroxyl groups is 1. The summed E-state index contributed by atoms with van der Waals surface area (Å²) in [4.78, 5) is 0. The normalized spacial score (nSPS) is 11.1. The van der Waals surface area contributed by atoms with E-state index in [9.17, 15) is 5.11 Å². The second-order valence-electron chi connectivity index (χ2n) is 2.67. The molecule has 4 nitrogen and oxygen atoms in total. The summed E-state index contributed by atoms with van der Waals surface area (Å²) in [6.07, 6.45) is 3.63. The Kier molecular flexibility index (Phi) is 3.50. The SMILES string of the molecule is CC=Cc1ccc(O)c(OC(O)O)c1. The molecule has 0 radical (unpaired) electrons. The summed E-state index contributed by atoms with van der Waals surface area (Å²) in [6, 6.07) is 4.62. The molecular formula is C10H12O4. The highest BCUT2D eigenvalue weighted by molar-refractivity contribution is 5.55. The third-order valence-electron chi connectivity index (χ3n) is 1.58. The Labute approximate surface area is 81.7 Å². The third-order valence-corrected chi connectivity index (χ3v) is 1.58. The van der Waals surface area contributed by atoms with Crippen molar-refractivity contribution in [2.45, 2.75) is 13.4 Å². The van der Waals surface area contributed by atoms with Crippen LogP contribution in [0.5, 0.6) is 11.5 Å². The predicted molar refractivity (Wildman–Crippen MR) is 51.7 cm³/mol. The van der Waals surface area contributed by atoms with Gasteiger partial charge in [0, 0.05) is 0 Å². The van der Waals surface area contributed by atoms with Gasteiger partial charge in [0.15, 0.2) is 11.5 Å². The van der Waals surface area contributed by atoms with E-state index >= 15 is 0 Å². The van der Waals surface area contributed by atoms with Gasteiger partial charge in [-0.15, -0.1) is 0 Å². The summed E-state index contributed by atoms with van der Waals surface area (Å²) in [6.45, 7) is -0.0735. The quantitative estimate of drug-likeness (QED) is 0.632. The fourth-order valence-electron chi connectivity index (χ4n) is 1.03. The van der Waals surface area contributed by atoms with Gasteiger partial charge in [-0.2, -0.15) is 0 Å². The van der Waals surface area contributed by atoms with Crippen molar-refractivity contribution in [3.05, 3.63) is 29.8 Å².